The summed E-state index contributed by atoms with van der Waals surface area (Å²) in [6.07, 6.45) is 2.63. The number of fused-ring (bicyclic) bond motifs is 1. The number of anilines is 1. The van der Waals surface area contributed by atoms with Gasteiger partial charge in [-0.05, 0) is 67.3 Å². The molecule has 0 spiro atoms. The maximum atomic E-state index is 13.4. The van der Waals surface area contributed by atoms with Crippen LogP contribution in [0.1, 0.15) is 30.7 Å². The molecule has 0 unspecified atom stereocenters. The van der Waals surface area contributed by atoms with Gasteiger partial charge in [0.05, 0.1) is 28.9 Å². The lowest BCUT2D eigenvalue weighted by atomic mass is 9.84. The van der Waals surface area contributed by atoms with Crippen molar-refractivity contribution < 1.29 is 30.8 Å². The third kappa shape index (κ3) is 4.97. The number of amides is 1. The van der Waals surface area contributed by atoms with E-state index in [4.69, 9.17) is 14.9 Å². The number of hydrogen-bond donors (Lipinski definition) is 1. The first-order valence-electron chi connectivity index (χ1n) is 13.3. The Bertz CT molecular complexity index is 1870. The molecule has 2 N–H and O–H groups in total. The van der Waals surface area contributed by atoms with Crippen molar-refractivity contribution in [2.75, 3.05) is 16.9 Å². The number of carbonyl (C=O) groups is 1. The van der Waals surface area contributed by atoms with Crippen molar-refractivity contribution in [3.8, 4) is 23.0 Å². The number of ether oxygens (including phenoxy) is 1. The molecule has 0 radical (unpaired) electrons. The second kappa shape index (κ2) is 10.3. The number of carbonyl (C=O) groups excluding carboxylic acids is 1. The Balaban J connectivity index is 1.35. The molecule has 11 nitrogen and oxygen atoms in total. The first-order chi connectivity index (χ1) is 20.0. The van der Waals surface area contributed by atoms with Crippen molar-refractivity contribution in [1.82, 2.24) is 10.2 Å². The fraction of sp³-hybridized carbons (Fsp3) is 0.276. The molecule has 4 aromatic rings. The van der Waals surface area contributed by atoms with E-state index in [0.29, 0.717) is 35.5 Å². The van der Waals surface area contributed by atoms with Gasteiger partial charge < -0.3 is 19.8 Å². The van der Waals surface area contributed by atoms with Crippen LogP contribution in [0.3, 0.4) is 0 Å². The van der Waals surface area contributed by atoms with Gasteiger partial charge in [0.2, 0.25) is 17.7 Å². The molecule has 0 saturated heterocycles. The maximum Gasteiger partial charge on any atom is 0.247 e. The first kappa shape index (κ1) is 28.1. The maximum absolute atomic E-state index is 13.4. The second-order valence-corrected chi connectivity index (χ2v) is 14.9. The fourth-order valence-corrected chi connectivity index (χ4v) is 8.23. The van der Waals surface area contributed by atoms with Crippen LogP contribution < -0.4 is 15.4 Å². The molecule has 2 heterocycles. The van der Waals surface area contributed by atoms with Crippen LogP contribution in [-0.2, 0) is 35.8 Å². The molecule has 1 atom stereocenters. The Labute approximate surface area is 243 Å². The van der Waals surface area contributed by atoms with Crippen LogP contribution in [0.2, 0.25) is 0 Å². The third-order valence-electron chi connectivity index (χ3n) is 7.74. The number of aromatic nitrogens is 2. The summed E-state index contributed by atoms with van der Waals surface area (Å²) in [7, 11) is -7.42. The fourth-order valence-electron chi connectivity index (χ4n) is 5.24. The number of benzene rings is 3. The summed E-state index contributed by atoms with van der Waals surface area (Å²) in [5.74, 6) is 0.190. The van der Waals surface area contributed by atoms with E-state index in [-0.39, 0.29) is 28.9 Å². The van der Waals surface area contributed by atoms with Gasteiger partial charge in [-0.25, -0.2) is 16.8 Å². The SMILES string of the molecule is CS(=O)(=O)C1(c2nnc(-c3ccc4c(c3)N(Cc3ccc(Oc5ccccc5)cc3)C(=O)[C@@H](N)CS4(=O)=O)o2)CCC1. The van der Waals surface area contributed by atoms with E-state index in [1.807, 2.05) is 30.3 Å². The Hall–Kier alpha value is -4.07. The zero-order valence-electron chi connectivity index (χ0n) is 22.6. The van der Waals surface area contributed by atoms with Crippen molar-refractivity contribution in [3.63, 3.8) is 0 Å². The summed E-state index contributed by atoms with van der Waals surface area (Å²) in [6, 6.07) is 19.5. The van der Waals surface area contributed by atoms with Gasteiger partial charge in [-0.2, -0.15) is 0 Å². The molecule has 1 aromatic heterocycles. The standard InChI is InChI=1S/C29H28N4O7S2/c1-41(35,36)29(14-5-15-29)28-32-31-26(40-28)20-10-13-25-24(16-20)33(27(34)23(30)18-42(25,37)38)17-19-8-11-22(12-9-19)39-21-6-3-2-4-7-21/h2-4,6-13,16,23H,5,14-15,17-18,30H2,1H3/t23-/m0/s1. The topological polar surface area (TPSA) is 163 Å². The van der Waals surface area contributed by atoms with Gasteiger partial charge >= 0.3 is 0 Å². The monoisotopic (exact) mass is 608 g/mol. The van der Waals surface area contributed by atoms with Crippen LogP contribution in [0.15, 0.2) is 82.1 Å². The molecule has 42 heavy (non-hydrogen) atoms. The van der Waals surface area contributed by atoms with Gasteiger partial charge in [0.25, 0.3) is 0 Å². The first-order valence-corrected chi connectivity index (χ1v) is 16.8. The van der Waals surface area contributed by atoms with Gasteiger partial charge in [-0.3, -0.25) is 4.79 Å². The molecule has 1 aliphatic heterocycles. The van der Waals surface area contributed by atoms with Crippen molar-refractivity contribution >= 4 is 31.3 Å². The zero-order chi connectivity index (χ0) is 29.7. The van der Waals surface area contributed by atoms with Crippen LogP contribution >= 0.6 is 0 Å². The molecule has 1 amide bonds. The van der Waals surface area contributed by atoms with E-state index in [9.17, 15) is 21.6 Å². The molecule has 6 rings (SSSR count). The minimum atomic E-state index is -3.91. The highest BCUT2D eigenvalue weighted by Gasteiger charge is 2.52. The van der Waals surface area contributed by atoms with Crippen LogP contribution in [-0.4, -0.2) is 51.0 Å². The summed E-state index contributed by atoms with van der Waals surface area (Å²) < 4.78 is 61.9. The molecule has 2 aliphatic rings. The highest BCUT2D eigenvalue weighted by atomic mass is 32.2. The number of nitrogens with two attached hydrogens (primary N) is 1. The van der Waals surface area contributed by atoms with Gasteiger partial charge in [-0.1, -0.05) is 30.3 Å². The number of hydrogen-bond acceptors (Lipinski definition) is 10. The quantitative estimate of drug-likeness (QED) is 0.328. The van der Waals surface area contributed by atoms with E-state index in [2.05, 4.69) is 10.2 Å². The van der Waals surface area contributed by atoms with Crippen molar-refractivity contribution in [2.45, 2.75) is 41.5 Å². The lowest BCUT2D eigenvalue weighted by Crippen LogP contribution is -2.45. The number of rotatable bonds is 7. The number of para-hydroxylation sites is 1. The normalized spacial score (nSPS) is 19.4. The Morgan fingerprint density at radius 2 is 1.71 bits per heavy atom. The van der Waals surface area contributed by atoms with Gasteiger partial charge in [0, 0.05) is 11.8 Å². The minimum absolute atomic E-state index is 0.00146. The van der Waals surface area contributed by atoms with Crippen LogP contribution in [0.25, 0.3) is 11.5 Å². The molecular weight excluding hydrogens is 580 g/mol. The van der Waals surface area contributed by atoms with Crippen molar-refractivity contribution in [3.05, 3.63) is 84.3 Å². The molecule has 1 fully saturated rings. The smallest absolute Gasteiger partial charge is 0.247 e. The second-order valence-electron chi connectivity index (χ2n) is 10.6. The largest absolute Gasteiger partial charge is 0.457 e. The van der Waals surface area contributed by atoms with E-state index in [0.717, 1.165) is 12.7 Å². The summed E-state index contributed by atoms with van der Waals surface area (Å²) in [6.45, 7) is 0.0381. The molecular formula is C29H28N4O7S2. The molecule has 13 heteroatoms. The Morgan fingerprint density at radius 1 is 1.02 bits per heavy atom. The zero-order valence-corrected chi connectivity index (χ0v) is 24.3. The minimum Gasteiger partial charge on any atom is -0.457 e. The van der Waals surface area contributed by atoms with Crippen molar-refractivity contribution in [1.29, 1.82) is 0 Å². The van der Waals surface area contributed by atoms with E-state index in [1.54, 1.807) is 24.3 Å². The van der Waals surface area contributed by atoms with E-state index >= 15 is 0 Å². The molecule has 1 saturated carbocycles. The molecule has 1 aliphatic carbocycles. The highest BCUT2D eigenvalue weighted by molar-refractivity contribution is 7.92. The van der Waals surface area contributed by atoms with Crippen molar-refractivity contribution in [2.24, 2.45) is 5.73 Å². The van der Waals surface area contributed by atoms with E-state index < -0.39 is 42.1 Å². The van der Waals surface area contributed by atoms with E-state index in [1.165, 1.54) is 23.1 Å². The predicted octanol–water partition coefficient (Wildman–Crippen LogP) is 3.60. The number of nitrogens with zero attached hydrogens (tertiary/aromatic N) is 3. The Kier molecular flexibility index (Phi) is 6.90. The summed E-state index contributed by atoms with van der Waals surface area (Å²) >= 11 is 0. The van der Waals surface area contributed by atoms with Gasteiger partial charge in [0.15, 0.2) is 19.7 Å². The molecule has 3 aromatic carbocycles. The van der Waals surface area contributed by atoms with Gasteiger partial charge in [0.1, 0.15) is 16.2 Å². The summed E-state index contributed by atoms with van der Waals surface area (Å²) in [5.41, 5.74) is 7.24. The number of sulfone groups is 2. The van der Waals surface area contributed by atoms with Crippen LogP contribution in [0.4, 0.5) is 5.69 Å². The molecule has 0 bridgehead atoms. The lowest BCUT2D eigenvalue weighted by molar-refractivity contribution is -0.119. The molecule has 218 valence electrons. The Morgan fingerprint density at radius 3 is 2.36 bits per heavy atom. The third-order valence-corrected chi connectivity index (χ3v) is 11.6. The summed E-state index contributed by atoms with van der Waals surface area (Å²) in [5, 5.41) is 8.11. The summed E-state index contributed by atoms with van der Waals surface area (Å²) in [4.78, 5) is 14.7. The predicted molar refractivity (Wildman–Crippen MR) is 154 cm³/mol. The highest BCUT2D eigenvalue weighted by Crippen LogP contribution is 2.48. The van der Waals surface area contributed by atoms with Crippen LogP contribution in [0.5, 0.6) is 11.5 Å². The lowest BCUT2D eigenvalue weighted by Gasteiger charge is -2.36. The average molecular weight is 609 g/mol. The van der Waals surface area contributed by atoms with Crippen LogP contribution in [0, 0.1) is 0 Å². The van der Waals surface area contributed by atoms with Gasteiger partial charge in [-0.15, -0.1) is 10.2 Å². The average Bonchev–Trinajstić information content (AvgIpc) is 3.38.